The van der Waals surface area contributed by atoms with Crippen LogP contribution in [0.15, 0.2) is 66.7 Å². The number of rotatable bonds is 8. The van der Waals surface area contributed by atoms with Crippen molar-refractivity contribution in [2.24, 2.45) is 11.3 Å². The maximum Gasteiger partial charge on any atom is 0.253 e. The van der Waals surface area contributed by atoms with Crippen molar-refractivity contribution in [2.45, 2.75) is 64.0 Å². The molecular weight excluding hydrogens is 752 g/mol. The Labute approximate surface area is 346 Å². The molecule has 0 bridgehead atoms. The van der Waals surface area contributed by atoms with Crippen LogP contribution < -0.4 is 25.3 Å². The Morgan fingerprint density at radius 1 is 0.828 bits per heavy atom. The van der Waals surface area contributed by atoms with Gasteiger partial charge in [-0.25, -0.2) is 0 Å². The van der Waals surface area contributed by atoms with E-state index in [1.165, 1.54) is 5.69 Å². The van der Waals surface area contributed by atoms with Crippen LogP contribution in [0.3, 0.4) is 0 Å². The molecule has 304 valence electrons. The quantitative estimate of drug-likeness (QED) is 0.291. The van der Waals surface area contributed by atoms with Gasteiger partial charge in [0.15, 0.2) is 0 Å². The van der Waals surface area contributed by atoms with E-state index in [4.69, 9.17) is 11.6 Å². The fourth-order valence-electron chi connectivity index (χ4n) is 9.81. The van der Waals surface area contributed by atoms with Gasteiger partial charge in [0, 0.05) is 106 Å². The summed E-state index contributed by atoms with van der Waals surface area (Å²) < 4.78 is 0. The van der Waals surface area contributed by atoms with Crippen molar-refractivity contribution < 1.29 is 19.2 Å². The third-order valence-corrected chi connectivity index (χ3v) is 13.6. The number of carbonyl (C=O) groups is 4. The van der Waals surface area contributed by atoms with Crippen LogP contribution in [-0.2, 0) is 9.59 Å². The largest absolute Gasteiger partial charge is 0.371 e. The summed E-state index contributed by atoms with van der Waals surface area (Å²) in [5.74, 6) is -0.388. The molecule has 5 saturated heterocycles. The molecule has 2 N–H and O–H groups in total. The van der Waals surface area contributed by atoms with Crippen molar-refractivity contribution in [1.82, 2.24) is 20.4 Å². The Morgan fingerprint density at radius 2 is 1.45 bits per heavy atom. The molecule has 3 aromatic carbocycles. The fourth-order valence-corrected chi connectivity index (χ4v) is 10.0. The molecule has 5 aliphatic heterocycles. The van der Waals surface area contributed by atoms with E-state index >= 15 is 0 Å². The fraction of sp³-hybridized carbons (Fsp3) is 0.489. The van der Waals surface area contributed by atoms with Gasteiger partial charge in [-0.3, -0.25) is 29.4 Å². The molecule has 5 fully saturated rings. The summed E-state index contributed by atoms with van der Waals surface area (Å²) in [6.07, 6.45) is 5.94. The Balaban J connectivity index is 0.749. The van der Waals surface area contributed by atoms with Gasteiger partial charge in [-0.2, -0.15) is 5.26 Å². The lowest BCUT2D eigenvalue weighted by atomic mass is 9.76. The van der Waals surface area contributed by atoms with Crippen LogP contribution >= 0.6 is 11.6 Å². The number of nitrogens with zero attached hydrogens (tertiary/aromatic N) is 6. The number of carbonyl (C=O) groups excluding carboxylic acids is 4. The van der Waals surface area contributed by atoms with Gasteiger partial charge in [0.25, 0.3) is 11.8 Å². The molecule has 0 radical (unpaired) electrons. The standard InChI is InChI=1S/C45H53ClN8O4/c1-31-27-45(30-54(31)38-11-6-35(28-47)39(46)26-38)16-20-51(21-17-45)36-9-4-34(5-10-36)44(58)53-18-14-32(15-19-53)29-50-22-24-52(25-23-50)37-7-2-33(3-8-37)42(56)48-40-12-13-41(55)49-43(40)57/h2-11,26,31-32,40H,12-25,27,29-30H2,1H3,(H,48,56)(H,49,55,57)/t31-,40?/m1/s1. The van der Waals surface area contributed by atoms with E-state index in [1.807, 2.05) is 47.4 Å². The Kier molecular flexibility index (Phi) is 11.6. The van der Waals surface area contributed by atoms with Gasteiger partial charge >= 0.3 is 0 Å². The number of nitriles is 1. The second-order valence-corrected chi connectivity index (χ2v) is 17.4. The van der Waals surface area contributed by atoms with Crippen LogP contribution in [0.4, 0.5) is 17.1 Å². The van der Waals surface area contributed by atoms with E-state index in [9.17, 15) is 24.4 Å². The molecular formula is C45H53ClN8O4. The first-order valence-corrected chi connectivity index (χ1v) is 21.3. The minimum Gasteiger partial charge on any atom is -0.371 e. The van der Waals surface area contributed by atoms with Gasteiger partial charge in [-0.15, -0.1) is 0 Å². The predicted octanol–water partition coefficient (Wildman–Crippen LogP) is 5.31. The van der Waals surface area contributed by atoms with Crippen LogP contribution in [0.2, 0.25) is 5.02 Å². The number of piperazine rings is 1. The van der Waals surface area contributed by atoms with Crippen molar-refractivity contribution >= 4 is 52.3 Å². The van der Waals surface area contributed by atoms with Crippen LogP contribution in [0.25, 0.3) is 0 Å². The van der Waals surface area contributed by atoms with E-state index in [2.05, 4.69) is 55.4 Å². The van der Waals surface area contributed by atoms with E-state index in [-0.39, 0.29) is 29.6 Å². The number of nitrogens with one attached hydrogen (secondary N) is 2. The number of amides is 4. The first kappa shape index (κ1) is 39.7. The summed E-state index contributed by atoms with van der Waals surface area (Å²) in [5, 5.41) is 14.8. The zero-order valence-corrected chi connectivity index (χ0v) is 34.1. The van der Waals surface area contributed by atoms with E-state index in [1.54, 1.807) is 12.1 Å². The van der Waals surface area contributed by atoms with E-state index in [0.29, 0.717) is 34.5 Å². The molecule has 1 spiro atoms. The molecule has 13 heteroatoms. The topological polar surface area (TPSA) is 132 Å². The summed E-state index contributed by atoms with van der Waals surface area (Å²) in [7, 11) is 0. The lowest BCUT2D eigenvalue weighted by Crippen LogP contribution is -2.52. The van der Waals surface area contributed by atoms with Gasteiger partial charge in [-0.1, -0.05) is 11.6 Å². The molecule has 4 amide bonds. The van der Waals surface area contributed by atoms with Gasteiger partial charge in [0.1, 0.15) is 12.1 Å². The van der Waals surface area contributed by atoms with Crippen molar-refractivity contribution in [1.29, 1.82) is 5.26 Å². The molecule has 5 heterocycles. The molecule has 3 aromatic rings. The van der Waals surface area contributed by atoms with Crippen molar-refractivity contribution in [2.75, 3.05) is 80.1 Å². The highest BCUT2D eigenvalue weighted by Gasteiger charge is 2.44. The molecule has 8 rings (SSSR count). The number of hydrogen-bond donors (Lipinski definition) is 2. The highest BCUT2D eigenvalue weighted by Crippen LogP contribution is 2.46. The molecule has 1 unspecified atom stereocenters. The zero-order valence-electron chi connectivity index (χ0n) is 33.3. The molecule has 0 aromatic heterocycles. The van der Waals surface area contributed by atoms with Crippen LogP contribution in [0, 0.1) is 22.7 Å². The summed E-state index contributed by atoms with van der Waals surface area (Å²) in [5.41, 5.74) is 5.37. The predicted molar refractivity (Wildman–Crippen MR) is 225 cm³/mol. The number of anilines is 3. The number of piperidine rings is 3. The Bertz CT molecular complexity index is 2050. The summed E-state index contributed by atoms with van der Waals surface area (Å²) >= 11 is 6.38. The van der Waals surface area contributed by atoms with Gasteiger partial charge in [-0.05, 0) is 124 Å². The average Bonchev–Trinajstić information content (AvgIpc) is 3.57. The highest BCUT2D eigenvalue weighted by molar-refractivity contribution is 6.32. The SMILES string of the molecule is C[C@@H]1CC2(CCN(c3ccc(C(=O)N4CCC(CN5CCN(c6ccc(C(=O)NC7CCC(=O)NC7=O)cc6)CC5)CC4)cc3)CC2)CN1c1ccc(C#N)c(Cl)c1. The van der Waals surface area contributed by atoms with Gasteiger partial charge < -0.3 is 24.9 Å². The third kappa shape index (κ3) is 8.66. The van der Waals surface area contributed by atoms with Crippen molar-refractivity contribution in [3.8, 4) is 6.07 Å². The Morgan fingerprint density at radius 3 is 2.07 bits per heavy atom. The lowest BCUT2D eigenvalue weighted by molar-refractivity contribution is -0.134. The summed E-state index contributed by atoms with van der Waals surface area (Å²) in [6.45, 7) is 11.6. The van der Waals surface area contributed by atoms with Crippen LogP contribution in [0.1, 0.15) is 78.1 Å². The first-order chi connectivity index (χ1) is 28.1. The highest BCUT2D eigenvalue weighted by atomic mass is 35.5. The maximum atomic E-state index is 13.6. The minimum atomic E-state index is -0.692. The number of halogens is 1. The number of benzene rings is 3. The molecule has 12 nitrogen and oxygen atoms in total. The summed E-state index contributed by atoms with van der Waals surface area (Å²) in [4.78, 5) is 61.5. The van der Waals surface area contributed by atoms with Gasteiger partial charge in [0.2, 0.25) is 11.8 Å². The second kappa shape index (κ2) is 17.0. The Hall–Kier alpha value is -5.12. The second-order valence-electron chi connectivity index (χ2n) is 17.0. The molecule has 0 saturated carbocycles. The molecule has 0 aliphatic carbocycles. The number of hydrogen-bond acceptors (Lipinski definition) is 9. The minimum absolute atomic E-state index is 0.124. The monoisotopic (exact) mass is 804 g/mol. The van der Waals surface area contributed by atoms with Crippen molar-refractivity contribution in [3.63, 3.8) is 0 Å². The van der Waals surface area contributed by atoms with Gasteiger partial charge in [0.05, 0.1) is 10.6 Å². The molecule has 2 atom stereocenters. The first-order valence-electron chi connectivity index (χ1n) is 20.9. The third-order valence-electron chi connectivity index (χ3n) is 13.3. The van der Waals surface area contributed by atoms with Crippen LogP contribution in [0.5, 0.6) is 0 Å². The maximum absolute atomic E-state index is 13.6. The molecule has 58 heavy (non-hydrogen) atoms. The average molecular weight is 805 g/mol. The smallest absolute Gasteiger partial charge is 0.253 e. The zero-order chi connectivity index (χ0) is 40.4. The van der Waals surface area contributed by atoms with Crippen molar-refractivity contribution in [3.05, 3.63) is 88.4 Å². The molecule has 5 aliphatic rings. The number of imide groups is 1. The normalized spacial score (nSPS) is 22.8. The summed E-state index contributed by atoms with van der Waals surface area (Å²) in [6, 6.07) is 23.4. The van der Waals surface area contributed by atoms with Crippen LogP contribution in [-0.4, -0.2) is 111 Å². The van der Waals surface area contributed by atoms with E-state index in [0.717, 1.165) is 114 Å². The van der Waals surface area contributed by atoms with E-state index < -0.39 is 11.9 Å². The lowest BCUT2D eigenvalue weighted by Gasteiger charge is -2.40. The number of likely N-dealkylation sites (tertiary alicyclic amines) is 1.